The monoisotopic (exact) mass is 654 g/mol. The molecule has 7 rings (SSSR count). The van der Waals surface area contributed by atoms with E-state index in [0.717, 1.165) is 69.3 Å². The molecule has 0 bridgehead atoms. The van der Waals surface area contributed by atoms with Crippen molar-refractivity contribution in [1.82, 2.24) is 23.6 Å². The van der Waals surface area contributed by atoms with E-state index < -0.39 is 33.1 Å². The van der Waals surface area contributed by atoms with Gasteiger partial charge in [-0.15, -0.1) is 10.2 Å². The summed E-state index contributed by atoms with van der Waals surface area (Å²) in [5, 5.41) is 9.02. The van der Waals surface area contributed by atoms with Crippen molar-refractivity contribution in [3.05, 3.63) is 76.5 Å². The highest BCUT2D eigenvalue weighted by atomic mass is 32.2. The quantitative estimate of drug-likeness (QED) is 0.259. The lowest BCUT2D eigenvalue weighted by atomic mass is 9.77. The smallest absolute Gasteiger partial charge is 0.320 e. The van der Waals surface area contributed by atoms with Gasteiger partial charge in [0.05, 0.1) is 35.0 Å². The van der Waals surface area contributed by atoms with Crippen molar-refractivity contribution in [2.75, 3.05) is 24.2 Å². The lowest BCUT2D eigenvalue weighted by Gasteiger charge is -2.31. The number of aromatic nitrogens is 4. The van der Waals surface area contributed by atoms with E-state index in [1.165, 1.54) is 21.1 Å². The molecule has 0 spiro atoms. The van der Waals surface area contributed by atoms with Crippen LogP contribution < -0.4 is 4.90 Å². The highest BCUT2D eigenvalue weighted by Gasteiger charge is 2.44. The van der Waals surface area contributed by atoms with E-state index in [-0.39, 0.29) is 17.7 Å². The van der Waals surface area contributed by atoms with Gasteiger partial charge in [-0.05, 0) is 85.2 Å². The Morgan fingerprint density at radius 2 is 1.85 bits per heavy atom. The van der Waals surface area contributed by atoms with E-state index in [0.29, 0.717) is 34.6 Å². The molecule has 4 heterocycles. The summed E-state index contributed by atoms with van der Waals surface area (Å²) in [5.41, 5.74) is 0.544. The molecule has 2 aromatic carbocycles. The zero-order valence-electron chi connectivity index (χ0n) is 26.1. The molecular weight excluding hydrogens is 617 g/mol. The molecule has 0 radical (unpaired) electrons. The number of hydrogen-bond donors (Lipinski definition) is 0. The van der Waals surface area contributed by atoms with Crippen LogP contribution in [-0.2, 0) is 41.8 Å². The predicted octanol–water partition coefficient (Wildman–Crippen LogP) is 5.85. The number of fused-ring (bicyclic) bond motifs is 2. The van der Waals surface area contributed by atoms with Gasteiger partial charge >= 0.3 is 6.18 Å². The molecule has 1 aliphatic carbocycles. The van der Waals surface area contributed by atoms with Gasteiger partial charge in [-0.1, -0.05) is 19.8 Å². The molecule has 9 nitrogen and oxygen atoms in total. The molecule has 4 aromatic rings. The Hall–Kier alpha value is -3.71. The van der Waals surface area contributed by atoms with Gasteiger partial charge in [0.1, 0.15) is 12.2 Å². The third-order valence-corrected chi connectivity index (χ3v) is 11.1. The van der Waals surface area contributed by atoms with E-state index in [1.54, 1.807) is 18.5 Å². The van der Waals surface area contributed by atoms with Crippen LogP contribution in [0.1, 0.15) is 83.9 Å². The first-order chi connectivity index (χ1) is 21.8. The minimum absolute atomic E-state index is 0.0415. The van der Waals surface area contributed by atoms with E-state index in [4.69, 9.17) is 0 Å². The van der Waals surface area contributed by atoms with Crippen molar-refractivity contribution in [1.29, 1.82) is 0 Å². The molecule has 46 heavy (non-hydrogen) atoms. The van der Waals surface area contributed by atoms with Crippen molar-refractivity contribution >= 4 is 32.5 Å². The molecule has 1 saturated heterocycles. The highest BCUT2D eigenvalue weighted by Crippen LogP contribution is 2.49. The van der Waals surface area contributed by atoms with Crippen LogP contribution in [0.4, 0.5) is 18.9 Å². The first-order valence-corrected chi connectivity index (χ1v) is 17.6. The predicted molar refractivity (Wildman–Crippen MR) is 168 cm³/mol. The number of carbonyl (C=O) groups is 1. The average Bonchev–Trinajstić information content (AvgIpc) is 3.78. The second-order valence-electron chi connectivity index (χ2n) is 13.4. The minimum atomic E-state index is -4.65. The van der Waals surface area contributed by atoms with Crippen LogP contribution in [0.25, 0.3) is 10.9 Å². The third-order valence-electron chi connectivity index (χ3n) is 10.1. The number of carbonyl (C=O) groups excluding carboxylic acids is 1. The molecule has 0 N–H and O–H groups in total. The van der Waals surface area contributed by atoms with E-state index in [2.05, 4.69) is 22.0 Å². The van der Waals surface area contributed by atoms with Crippen molar-refractivity contribution in [3.63, 3.8) is 0 Å². The number of nitrogens with zero attached hydrogens (tertiary/aromatic N) is 6. The average molecular weight is 655 g/mol. The Kier molecular flexibility index (Phi) is 7.35. The lowest BCUT2D eigenvalue weighted by molar-refractivity contribution is -0.138. The molecule has 2 aliphatic heterocycles. The summed E-state index contributed by atoms with van der Waals surface area (Å²) < 4.78 is 72.6. The van der Waals surface area contributed by atoms with Gasteiger partial charge in [0.2, 0.25) is 10.0 Å². The Morgan fingerprint density at radius 3 is 2.50 bits per heavy atom. The Balaban J connectivity index is 1.38. The standard InChI is InChI=1S/C33H37F3N6O3S/c1-21-7-6-11-40(17-21)18-22-13-25-26(27(14-22)33(34,35)36)19-41(30(25)43)28-15-23(16-29-24(28)8-12-42(29)46(3,44)45)32(9-4-5-10-32)31-38-37-20-39(31)2/h8,12-16,20-21H,4-7,9-11,17-19H2,1-3H3/t21-/m0/s1. The van der Waals surface area contributed by atoms with Crippen LogP contribution in [0.5, 0.6) is 0 Å². The lowest BCUT2D eigenvalue weighted by Crippen LogP contribution is -2.33. The molecule has 3 aliphatic rings. The molecule has 1 atom stereocenters. The zero-order chi connectivity index (χ0) is 32.6. The number of alkyl halides is 3. The number of benzene rings is 2. The molecule has 1 amide bonds. The maximum absolute atomic E-state index is 14.6. The van der Waals surface area contributed by atoms with Crippen molar-refractivity contribution in [2.24, 2.45) is 13.0 Å². The van der Waals surface area contributed by atoms with Gasteiger partial charge in [-0.25, -0.2) is 12.4 Å². The summed E-state index contributed by atoms with van der Waals surface area (Å²) in [6.45, 7) is 3.81. The summed E-state index contributed by atoms with van der Waals surface area (Å²) in [5.74, 6) is 0.653. The van der Waals surface area contributed by atoms with Crippen LogP contribution in [0.2, 0.25) is 0 Å². The number of hydrogen-bond acceptors (Lipinski definition) is 6. The number of amides is 1. The van der Waals surface area contributed by atoms with Gasteiger partial charge in [0.25, 0.3) is 5.91 Å². The summed E-state index contributed by atoms with van der Waals surface area (Å²) in [7, 11) is -1.88. The SMILES string of the molecule is C[C@H]1CCCN(Cc2cc3c(c(C(F)(F)F)c2)CN(c2cc(C4(c5nncn5C)CCCC4)cc4c2ccn4S(C)(=O)=O)C3=O)C1. The number of rotatable bonds is 6. The number of aryl methyl sites for hydroxylation is 1. The molecule has 1 saturated carbocycles. The summed E-state index contributed by atoms with van der Waals surface area (Å²) in [6, 6.07) is 8.10. The molecule has 0 unspecified atom stereocenters. The van der Waals surface area contributed by atoms with Gasteiger partial charge in [-0.3, -0.25) is 9.69 Å². The fourth-order valence-corrected chi connectivity index (χ4v) is 8.81. The number of likely N-dealkylation sites (tertiary alicyclic amines) is 1. The second-order valence-corrected chi connectivity index (χ2v) is 15.3. The highest BCUT2D eigenvalue weighted by molar-refractivity contribution is 7.89. The Labute approximate surface area is 266 Å². The molecule has 2 fully saturated rings. The van der Waals surface area contributed by atoms with Crippen molar-refractivity contribution in [3.8, 4) is 0 Å². The molecule has 2 aromatic heterocycles. The van der Waals surface area contributed by atoms with Crippen LogP contribution in [0.3, 0.4) is 0 Å². The number of anilines is 1. The van der Waals surface area contributed by atoms with Crippen molar-refractivity contribution in [2.45, 2.75) is 70.1 Å². The Bertz CT molecular complexity index is 1960. The molecular formula is C33H37F3N6O3S. The number of piperidine rings is 1. The van der Waals surface area contributed by atoms with E-state index in [1.807, 2.05) is 23.7 Å². The van der Waals surface area contributed by atoms with E-state index in [9.17, 15) is 26.4 Å². The summed E-state index contributed by atoms with van der Waals surface area (Å²) in [4.78, 5) is 17.7. The minimum Gasteiger partial charge on any atom is -0.320 e. The first kappa shape index (κ1) is 30.9. The largest absolute Gasteiger partial charge is 0.416 e. The van der Waals surface area contributed by atoms with Gasteiger partial charge in [-0.2, -0.15) is 13.2 Å². The topological polar surface area (TPSA) is 93.3 Å². The number of halogens is 3. The first-order valence-electron chi connectivity index (χ1n) is 15.7. The normalized spacial score (nSPS) is 20.6. The van der Waals surface area contributed by atoms with Gasteiger partial charge in [0, 0.05) is 37.3 Å². The van der Waals surface area contributed by atoms with Crippen LogP contribution in [0, 0.1) is 5.92 Å². The van der Waals surface area contributed by atoms with Crippen LogP contribution >= 0.6 is 0 Å². The third kappa shape index (κ3) is 5.11. The molecule has 244 valence electrons. The fraction of sp³-hybridized carbons (Fsp3) is 0.485. The van der Waals surface area contributed by atoms with Gasteiger partial charge < -0.3 is 9.47 Å². The van der Waals surface area contributed by atoms with Crippen molar-refractivity contribution < 1.29 is 26.4 Å². The maximum atomic E-state index is 14.6. The maximum Gasteiger partial charge on any atom is 0.416 e. The van der Waals surface area contributed by atoms with E-state index >= 15 is 0 Å². The summed E-state index contributed by atoms with van der Waals surface area (Å²) in [6.07, 6.45) is 4.87. The summed E-state index contributed by atoms with van der Waals surface area (Å²) >= 11 is 0. The molecule has 13 heteroatoms. The Morgan fingerprint density at radius 1 is 1.09 bits per heavy atom. The fourth-order valence-electron chi connectivity index (χ4n) is 8.02. The van der Waals surface area contributed by atoms with Crippen LogP contribution in [0.15, 0.2) is 42.9 Å². The van der Waals surface area contributed by atoms with Crippen LogP contribution in [-0.4, -0.2) is 57.3 Å². The zero-order valence-corrected chi connectivity index (χ0v) is 27.0. The van der Waals surface area contributed by atoms with Gasteiger partial charge in [0.15, 0.2) is 0 Å². The second kappa shape index (κ2) is 10.9.